The number of allylic oxidation sites excluding steroid dienone is 10. The summed E-state index contributed by atoms with van der Waals surface area (Å²) in [5.74, 6) is -0.906. The van der Waals surface area contributed by atoms with E-state index in [1.807, 2.05) is 0 Å². The number of hydrogen-bond acceptors (Lipinski definition) is 6. The van der Waals surface area contributed by atoms with Crippen LogP contribution in [0.1, 0.15) is 252 Å². The number of esters is 3. The molecule has 0 aliphatic heterocycles. The van der Waals surface area contributed by atoms with E-state index in [1.165, 1.54) is 109 Å². The molecule has 0 fully saturated rings. The molecule has 0 amide bonds. The molecule has 1 atom stereocenters. The van der Waals surface area contributed by atoms with Gasteiger partial charge in [-0.2, -0.15) is 0 Å². The van der Waals surface area contributed by atoms with E-state index in [0.29, 0.717) is 19.3 Å². The lowest BCUT2D eigenvalue weighted by Crippen LogP contribution is -2.30. The van der Waals surface area contributed by atoms with Gasteiger partial charge in [-0.05, 0) is 64.2 Å². The highest BCUT2D eigenvalue weighted by Gasteiger charge is 2.19. The average Bonchev–Trinajstić information content (AvgIpc) is 3.26. The van der Waals surface area contributed by atoms with E-state index in [-0.39, 0.29) is 31.1 Å². The molecular weight excluding hydrogens is 757 g/mol. The molecule has 0 bridgehead atoms. The third-order valence-electron chi connectivity index (χ3n) is 11.1. The molecule has 0 aromatic carbocycles. The van der Waals surface area contributed by atoms with Crippen molar-refractivity contribution in [1.29, 1.82) is 0 Å². The van der Waals surface area contributed by atoms with Crippen LogP contribution in [0.4, 0.5) is 0 Å². The topological polar surface area (TPSA) is 78.9 Å². The largest absolute Gasteiger partial charge is 0.462 e. The first-order valence-corrected chi connectivity index (χ1v) is 25.8. The molecule has 352 valence electrons. The highest BCUT2D eigenvalue weighted by molar-refractivity contribution is 5.71. The predicted molar refractivity (Wildman–Crippen MR) is 261 cm³/mol. The Labute approximate surface area is 377 Å². The Morgan fingerprint density at radius 3 is 1.16 bits per heavy atom. The summed E-state index contributed by atoms with van der Waals surface area (Å²) in [6, 6.07) is 0. The maximum absolute atomic E-state index is 12.8. The number of unbranched alkanes of at least 4 members (excludes halogenated alkanes) is 27. The second-order valence-corrected chi connectivity index (χ2v) is 17.1. The summed E-state index contributed by atoms with van der Waals surface area (Å²) in [5, 5.41) is 0. The van der Waals surface area contributed by atoms with Crippen LogP contribution in [-0.2, 0) is 28.6 Å². The minimum Gasteiger partial charge on any atom is -0.462 e. The van der Waals surface area contributed by atoms with Crippen LogP contribution in [0.3, 0.4) is 0 Å². The Hall–Kier alpha value is -2.89. The molecule has 0 radical (unpaired) electrons. The summed E-state index contributed by atoms with van der Waals surface area (Å²) in [4.78, 5) is 38.0. The van der Waals surface area contributed by atoms with Gasteiger partial charge in [-0.1, -0.05) is 229 Å². The van der Waals surface area contributed by atoms with Crippen molar-refractivity contribution in [3.8, 4) is 0 Å². The van der Waals surface area contributed by atoms with Crippen molar-refractivity contribution in [2.24, 2.45) is 0 Å². The van der Waals surface area contributed by atoms with Crippen molar-refractivity contribution in [1.82, 2.24) is 0 Å². The lowest BCUT2D eigenvalue weighted by Gasteiger charge is -2.18. The summed E-state index contributed by atoms with van der Waals surface area (Å²) in [6.07, 6.45) is 60.6. The van der Waals surface area contributed by atoms with Crippen molar-refractivity contribution in [3.05, 3.63) is 60.8 Å². The smallest absolute Gasteiger partial charge is 0.306 e. The lowest BCUT2D eigenvalue weighted by atomic mass is 10.0. The van der Waals surface area contributed by atoms with Gasteiger partial charge in [0.1, 0.15) is 13.2 Å². The minimum absolute atomic E-state index is 0.0823. The fraction of sp³-hybridized carbons (Fsp3) is 0.764. The number of rotatable bonds is 46. The minimum atomic E-state index is -0.784. The highest BCUT2D eigenvalue weighted by atomic mass is 16.6. The van der Waals surface area contributed by atoms with Gasteiger partial charge in [0.2, 0.25) is 0 Å². The van der Waals surface area contributed by atoms with Crippen molar-refractivity contribution in [3.63, 3.8) is 0 Å². The van der Waals surface area contributed by atoms with Gasteiger partial charge in [-0.25, -0.2) is 0 Å². The zero-order valence-electron chi connectivity index (χ0n) is 40.2. The predicted octanol–water partition coefficient (Wildman–Crippen LogP) is 16.9. The standard InChI is InChI=1S/C55H96O6/c1-4-7-10-13-16-19-22-25-27-28-31-33-36-39-42-45-48-54(57)60-51-52(50-59-53(56)47-44-41-38-35-32-29-24-21-18-15-12-9-6-3)61-55(58)49-46-43-40-37-34-30-26-23-20-17-14-11-8-5-2/h8-9,11-12,15,17-18,20-21,24,52H,4-7,10,13-14,16,19,22-23,25-51H2,1-3H3/b11-8-,12-9-,18-15-,20-17-,24-21-. The van der Waals surface area contributed by atoms with Gasteiger partial charge in [0.15, 0.2) is 6.10 Å². The molecule has 0 rings (SSSR count). The van der Waals surface area contributed by atoms with E-state index >= 15 is 0 Å². The molecule has 0 aliphatic carbocycles. The number of ether oxygens (including phenoxy) is 3. The van der Waals surface area contributed by atoms with E-state index in [2.05, 4.69) is 81.5 Å². The molecule has 0 aromatic rings. The number of carbonyl (C=O) groups is 3. The Bertz CT molecular complexity index is 1120. The SMILES string of the molecule is CC\C=C/C=C\C=C/CCCCCCCC(=O)OCC(COC(=O)CCCCCCCCCCCCCCCCCC)OC(=O)CCCCCCCCC/C=C\C/C=C\CC. The van der Waals surface area contributed by atoms with Gasteiger partial charge >= 0.3 is 17.9 Å². The van der Waals surface area contributed by atoms with Crippen LogP contribution in [0, 0.1) is 0 Å². The van der Waals surface area contributed by atoms with Crippen LogP contribution in [0.25, 0.3) is 0 Å². The third-order valence-corrected chi connectivity index (χ3v) is 11.1. The van der Waals surface area contributed by atoms with Gasteiger partial charge in [-0.15, -0.1) is 0 Å². The molecule has 6 heteroatoms. The van der Waals surface area contributed by atoms with Gasteiger partial charge in [0.05, 0.1) is 0 Å². The number of hydrogen-bond donors (Lipinski definition) is 0. The van der Waals surface area contributed by atoms with Crippen molar-refractivity contribution in [2.45, 2.75) is 258 Å². The van der Waals surface area contributed by atoms with E-state index in [1.54, 1.807) is 0 Å². The normalized spacial score (nSPS) is 12.5. The fourth-order valence-electron chi connectivity index (χ4n) is 7.25. The summed E-state index contributed by atoms with van der Waals surface area (Å²) in [7, 11) is 0. The van der Waals surface area contributed by atoms with Gasteiger partial charge < -0.3 is 14.2 Å². The van der Waals surface area contributed by atoms with Gasteiger partial charge in [-0.3, -0.25) is 14.4 Å². The van der Waals surface area contributed by atoms with Gasteiger partial charge in [0.25, 0.3) is 0 Å². The molecule has 6 nitrogen and oxygen atoms in total. The summed E-state index contributed by atoms with van der Waals surface area (Å²) >= 11 is 0. The van der Waals surface area contributed by atoms with Crippen molar-refractivity contribution in [2.75, 3.05) is 13.2 Å². The molecule has 0 saturated carbocycles. The van der Waals surface area contributed by atoms with Crippen LogP contribution in [0.15, 0.2) is 60.8 Å². The first kappa shape index (κ1) is 58.1. The lowest BCUT2D eigenvalue weighted by molar-refractivity contribution is -0.167. The van der Waals surface area contributed by atoms with E-state index < -0.39 is 6.10 Å². The third kappa shape index (κ3) is 48.0. The molecule has 1 unspecified atom stereocenters. The van der Waals surface area contributed by atoms with Crippen LogP contribution in [0.5, 0.6) is 0 Å². The summed E-state index contributed by atoms with van der Waals surface area (Å²) < 4.78 is 16.8. The fourth-order valence-corrected chi connectivity index (χ4v) is 7.25. The van der Waals surface area contributed by atoms with E-state index in [9.17, 15) is 14.4 Å². The van der Waals surface area contributed by atoms with Gasteiger partial charge in [0, 0.05) is 19.3 Å². The van der Waals surface area contributed by atoms with Crippen LogP contribution in [0.2, 0.25) is 0 Å². The maximum atomic E-state index is 12.8. The van der Waals surface area contributed by atoms with Crippen LogP contribution >= 0.6 is 0 Å². The summed E-state index contributed by atoms with van der Waals surface area (Å²) in [6.45, 7) is 6.39. The average molecular weight is 853 g/mol. The van der Waals surface area contributed by atoms with Crippen molar-refractivity contribution >= 4 is 17.9 Å². The Balaban J connectivity index is 4.38. The maximum Gasteiger partial charge on any atom is 0.306 e. The zero-order chi connectivity index (χ0) is 44.4. The van der Waals surface area contributed by atoms with Crippen LogP contribution in [-0.4, -0.2) is 37.2 Å². The monoisotopic (exact) mass is 853 g/mol. The van der Waals surface area contributed by atoms with E-state index in [4.69, 9.17) is 14.2 Å². The molecule has 0 aliphatic rings. The molecule has 0 N–H and O–H groups in total. The van der Waals surface area contributed by atoms with E-state index in [0.717, 1.165) is 103 Å². The molecule has 0 spiro atoms. The van der Waals surface area contributed by atoms with Crippen LogP contribution < -0.4 is 0 Å². The second kappa shape index (κ2) is 49.8. The molecule has 0 aromatic heterocycles. The highest BCUT2D eigenvalue weighted by Crippen LogP contribution is 2.16. The molecule has 0 heterocycles. The Morgan fingerprint density at radius 2 is 0.721 bits per heavy atom. The quantitative estimate of drug-likeness (QED) is 0.0200. The summed E-state index contributed by atoms with van der Waals surface area (Å²) in [5.41, 5.74) is 0. The Morgan fingerprint density at radius 1 is 0.361 bits per heavy atom. The molecule has 61 heavy (non-hydrogen) atoms. The molecular formula is C55H96O6. The first-order valence-electron chi connectivity index (χ1n) is 25.8. The van der Waals surface area contributed by atoms with Crippen molar-refractivity contribution < 1.29 is 28.6 Å². The Kier molecular flexibility index (Phi) is 47.4. The first-order chi connectivity index (χ1) is 30.0. The second-order valence-electron chi connectivity index (χ2n) is 17.1. The number of carbonyl (C=O) groups excluding carboxylic acids is 3. The zero-order valence-corrected chi connectivity index (χ0v) is 40.2. The molecule has 0 saturated heterocycles.